The van der Waals surface area contributed by atoms with Crippen molar-refractivity contribution in [1.82, 2.24) is 25.0 Å². The predicted octanol–water partition coefficient (Wildman–Crippen LogP) is 4.97. The number of rotatable bonds is 7. The lowest BCUT2D eigenvalue weighted by Crippen LogP contribution is -2.45. The number of carbonyl (C=O) groups is 1. The van der Waals surface area contributed by atoms with Crippen LogP contribution in [0.2, 0.25) is 0 Å². The lowest BCUT2D eigenvalue weighted by molar-refractivity contribution is 0.0644. The molecule has 9 nitrogen and oxygen atoms in total. The van der Waals surface area contributed by atoms with Crippen molar-refractivity contribution in [2.24, 2.45) is 0 Å². The highest BCUT2D eigenvalue weighted by molar-refractivity contribution is 5.94. The molecule has 4 aromatic rings. The highest BCUT2D eigenvalue weighted by Crippen LogP contribution is 2.29. The standard InChI is InChI=1S/C31H34N6O3/c1-21-4-6-23(7-5-21)30-35-34-28(40-30)20-39-27-18-25(19-33-29(27)32)22-8-10-24(11-9-22)31(38)37-16-12-26(13-17-37)36-14-2-3-15-36/h4-11,18-19,26H,2-3,12-17,20H2,1H3,(H2,32,33). The Kier molecular flexibility index (Phi) is 7.46. The summed E-state index contributed by atoms with van der Waals surface area (Å²) in [4.78, 5) is 22.0. The van der Waals surface area contributed by atoms with Gasteiger partial charge in [0.15, 0.2) is 18.2 Å². The number of hydrogen-bond acceptors (Lipinski definition) is 8. The van der Waals surface area contributed by atoms with E-state index in [9.17, 15) is 4.79 Å². The average molecular weight is 539 g/mol. The molecule has 1 amide bonds. The van der Waals surface area contributed by atoms with E-state index in [-0.39, 0.29) is 18.3 Å². The number of nitrogens with zero attached hydrogens (tertiary/aromatic N) is 5. The summed E-state index contributed by atoms with van der Waals surface area (Å²) in [5.41, 5.74) is 10.5. The Morgan fingerprint density at radius 3 is 2.38 bits per heavy atom. The Bertz CT molecular complexity index is 1450. The average Bonchev–Trinajstić information content (AvgIpc) is 3.70. The van der Waals surface area contributed by atoms with Gasteiger partial charge in [0, 0.05) is 42.0 Å². The third-order valence-corrected chi connectivity index (χ3v) is 7.87. The van der Waals surface area contributed by atoms with Crippen LogP contribution in [0.15, 0.2) is 65.2 Å². The minimum Gasteiger partial charge on any atom is -0.480 e. The number of aryl methyl sites for hydroxylation is 1. The summed E-state index contributed by atoms with van der Waals surface area (Å²) >= 11 is 0. The molecule has 2 aromatic carbocycles. The zero-order valence-corrected chi connectivity index (χ0v) is 22.8. The number of likely N-dealkylation sites (tertiary alicyclic amines) is 2. The Balaban J connectivity index is 1.08. The SMILES string of the molecule is Cc1ccc(-c2nnc(COc3cc(-c4ccc(C(=O)N5CCC(N6CCCC6)CC5)cc4)cnc3N)o2)cc1. The molecule has 0 radical (unpaired) electrons. The highest BCUT2D eigenvalue weighted by atomic mass is 16.5. The van der Waals surface area contributed by atoms with E-state index in [1.165, 1.54) is 25.9 Å². The molecule has 0 atom stereocenters. The van der Waals surface area contributed by atoms with Gasteiger partial charge in [-0.1, -0.05) is 29.8 Å². The second-order valence-corrected chi connectivity index (χ2v) is 10.6. The van der Waals surface area contributed by atoms with Crippen LogP contribution in [0.1, 0.15) is 47.5 Å². The van der Waals surface area contributed by atoms with E-state index in [2.05, 4.69) is 20.1 Å². The molecule has 0 spiro atoms. The third kappa shape index (κ3) is 5.70. The molecule has 0 saturated carbocycles. The fourth-order valence-corrected chi connectivity index (χ4v) is 5.52. The molecule has 0 unspecified atom stereocenters. The first-order chi connectivity index (χ1) is 19.5. The fraction of sp³-hybridized carbons (Fsp3) is 0.355. The van der Waals surface area contributed by atoms with Crippen LogP contribution in [0.25, 0.3) is 22.6 Å². The van der Waals surface area contributed by atoms with Crippen LogP contribution in [0.5, 0.6) is 5.75 Å². The minimum atomic E-state index is 0.0656. The van der Waals surface area contributed by atoms with Crippen molar-refractivity contribution in [2.75, 3.05) is 31.9 Å². The van der Waals surface area contributed by atoms with Gasteiger partial charge in [-0.05, 0) is 81.6 Å². The number of carbonyl (C=O) groups excluding carboxylic acids is 1. The van der Waals surface area contributed by atoms with Gasteiger partial charge in [-0.25, -0.2) is 4.98 Å². The van der Waals surface area contributed by atoms with Gasteiger partial charge in [-0.3, -0.25) is 4.79 Å². The number of amides is 1. The van der Waals surface area contributed by atoms with Crippen molar-refractivity contribution in [1.29, 1.82) is 0 Å². The van der Waals surface area contributed by atoms with E-state index in [0.29, 0.717) is 29.1 Å². The number of benzene rings is 2. The van der Waals surface area contributed by atoms with E-state index >= 15 is 0 Å². The van der Waals surface area contributed by atoms with Gasteiger partial charge >= 0.3 is 0 Å². The number of aromatic nitrogens is 3. The summed E-state index contributed by atoms with van der Waals surface area (Å²) in [6.45, 7) is 6.14. The maximum atomic E-state index is 13.1. The molecule has 4 heterocycles. The summed E-state index contributed by atoms with van der Waals surface area (Å²) in [7, 11) is 0. The first-order valence-corrected chi connectivity index (χ1v) is 13.9. The Labute approximate surface area is 234 Å². The smallest absolute Gasteiger partial charge is 0.254 e. The van der Waals surface area contributed by atoms with E-state index in [4.69, 9.17) is 14.9 Å². The van der Waals surface area contributed by atoms with Crippen LogP contribution in [-0.2, 0) is 6.61 Å². The second-order valence-electron chi connectivity index (χ2n) is 10.6. The van der Waals surface area contributed by atoms with Crippen molar-refractivity contribution < 1.29 is 13.9 Å². The number of hydrogen-bond donors (Lipinski definition) is 1. The summed E-state index contributed by atoms with van der Waals surface area (Å²) < 4.78 is 11.6. The van der Waals surface area contributed by atoms with Gasteiger partial charge in [0.05, 0.1) is 0 Å². The van der Waals surface area contributed by atoms with Crippen LogP contribution in [0.4, 0.5) is 5.82 Å². The lowest BCUT2D eigenvalue weighted by Gasteiger charge is -2.36. The molecule has 6 rings (SSSR count). The van der Waals surface area contributed by atoms with Crippen molar-refractivity contribution in [2.45, 2.75) is 45.3 Å². The number of nitrogen functional groups attached to an aromatic ring is 1. The molecule has 40 heavy (non-hydrogen) atoms. The van der Waals surface area contributed by atoms with Crippen LogP contribution in [0.3, 0.4) is 0 Å². The number of nitrogens with two attached hydrogens (primary N) is 1. The summed E-state index contributed by atoms with van der Waals surface area (Å²) in [6.07, 6.45) is 6.42. The molecule has 2 aliphatic rings. The zero-order valence-electron chi connectivity index (χ0n) is 22.8. The largest absolute Gasteiger partial charge is 0.480 e. The monoisotopic (exact) mass is 538 g/mol. The number of piperidine rings is 1. The first kappa shape index (κ1) is 26.0. The van der Waals surface area contributed by atoms with Crippen molar-refractivity contribution in [3.05, 3.63) is 77.8 Å². The van der Waals surface area contributed by atoms with Crippen molar-refractivity contribution in [3.63, 3.8) is 0 Å². The van der Waals surface area contributed by atoms with Crippen molar-refractivity contribution in [3.8, 4) is 28.3 Å². The molecule has 9 heteroatoms. The predicted molar refractivity (Wildman–Crippen MR) is 153 cm³/mol. The molecular weight excluding hydrogens is 504 g/mol. The minimum absolute atomic E-state index is 0.0656. The Morgan fingerprint density at radius 2 is 1.65 bits per heavy atom. The summed E-state index contributed by atoms with van der Waals surface area (Å²) in [5, 5.41) is 8.20. The molecule has 2 aromatic heterocycles. The third-order valence-electron chi connectivity index (χ3n) is 7.87. The number of ether oxygens (including phenoxy) is 1. The number of pyridine rings is 1. The van der Waals surface area contributed by atoms with E-state index in [0.717, 1.165) is 48.2 Å². The van der Waals surface area contributed by atoms with Gasteiger partial charge in [-0.15, -0.1) is 10.2 Å². The maximum Gasteiger partial charge on any atom is 0.254 e. The van der Waals surface area contributed by atoms with Crippen molar-refractivity contribution >= 4 is 11.7 Å². The quantitative estimate of drug-likeness (QED) is 0.351. The van der Waals surface area contributed by atoms with E-state index in [1.807, 2.05) is 66.4 Å². The van der Waals surface area contributed by atoms with Crippen LogP contribution < -0.4 is 10.5 Å². The zero-order chi connectivity index (χ0) is 27.5. The van der Waals surface area contributed by atoms with Gasteiger partial charge in [0.2, 0.25) is 5.89 Å². The molecule has 0 aliphatic carbocycles. The fourth-order valence-electron chi connectivity index (χ4n) is 5.52. The molecule has 2 fully saturated rings. The van der Waals surface area contributed by atoms with Crippen LogP contribution in [-0.4, -0.2) is 63.1 Å². The molecule has 206 valence electrons. The number of anilines is 1. The normalized spacial score (nSPS) is 16.4. The first-order valence-electron chi connectivity index (χ1n) is 13.9. The van der Waals surface area contributed by atoms with E-state index in [1.54, 1.807) is 6.20 Å². The lowest BCUT2D eigenvalue weighted by atomic mass is 10.0. The van der Waals surface area contributed by atoms with Gasteiger partial charge in [-0.2, -0.15) is 0 Å². The topological polar surface area (TPSA) is 111 Å². The molecule has 2 saturated heterocycles. The molecule has 0 bridgehead atoms. The van der Waals surface area contributed by atoms with Gasteiger partial charge < -0.3 is 24.7 Å². The Morgan fingerprint density at radius 1 is 0.950 bits per heavy atom. The summed E-state index contributed by atoms with van der Waals surface area (Å²) in [6, 6.07) is 18.0. The van der Waals surface area contributed by atoms with Crippen LogP contribution in [0, 0.1) is 6.92 Å². The van der Waals surface area contributed by atoms with Crippen LogP contribution >= 0.6 is 0 Å². The Hall–Kier alpha value is -4.24. The molecule has 2 N–H and O–H groups in total. The van der Waals surface area contributed by atoms with Gasteiger partial charge in [0.25, 0.3) is 11.8 Å². The molecular formula is C31H34N6O3. The maximum absolute atomic E-state index is 13.1. The van der Waals surface area contributed by atoms with E-state index < -0.39 is 0 Å². The summed E-state index contributed by atoms with van der Waals surface area (Å²) in [5.74, 6) is 1.56. The molecule has 2 aliphatic heterocycles. The highest BCUT2D eigenvalue weighted by Gasteiger charge is 2.28. The second kappa shape index (κ2) is 11.5. The van der Waals surface area contributed by atoms with Gasteiger partial charge in [0.1, 0.15) is 0 Å².